The molecule has 2 aliphatic rings. The molecule has 1 aromatic carbocycles. The van der Waals surface area contributed by atoms with Gasteiger partial charge in [0.05, 0.1) is 0 Å². The van der Waals surface area contributed by atoms with Crippen molar-refractivity contribution in [3.63, 3.8) is 0 Å². The van der Waals surface area contributed by atoms with Gasteiger partial charge in [0, 0.05) is 25.3 Å². The lowest BCUT2D eigenvalue weighted by atomic mass is 9.69. The number of ether oxygens (including phenoxy) is 1. The molecule has 0 fully saturated rings. The molecule has 0 saturated carbocycles. The maximum atomic E-state index is 13.1. The first-order valence-corrected chi connectivity index (χ1v) is 7.65. The van der Waals surface area contributed by atoms with Crippen molar-refractivity contribution in [3.8, 4) is 11.9 Å². The van der Waals surface area contributed by atoms with Gasteiger partial charge in [0.2, 0.25) is 17.7 Å². The van der Waals surface area contributed by atoms with E-state index in [1.54, 1.807) is 24.3 Å². The molecule has 1 spiro atoms. The number of nitriles is 1. The van der Waals surface area contributed by atoms with Crippen LogP contribution in [-0.4, -0.2) is 15.0 Å². The van der Waals surface area contributed by atoms with Crippen LogP contribution in [0.2, 0.25) is 0 Å². The lowest BCUT2D eigenvalue weighted by molar-refractivity contribution is -0.118. The molecule has 1 aromatic heterocycles. The maximum Gasteiger partial charge on any atom is 0.333 e. The number of nitrogens with one attached hydrogen (secondary N) is 1. The molecule has 3 heterocycles. The Morgan fingerprint density at radius 3 is 2.58 bits per heavy atom. The summed E-state index contributed by atoms with van der Waals surface area (Å²) in [6, 6.07) is 8.62. The molecule has 0 bridgehead atoms. The van der Waals surface area contributed by atoms with E-state index in [1.165, 1.54) is 14.1 Å². The summed E-state index contributed by atoms with van der Waals surface area (Å²) in [5.74, 6) is -1.07. The number of rotatable bonds is 0. The van der Waals surface area contributed by atoms with E-state index in [1.807, 2.05) is 6.07 Å². The van der Waals surface area contributed by atoms with Crippen molar-refractivity contribution in [3.05, 3.63) is 67.7 Å². The molecule has 9 nitrogen and oxygen atoms in total. The molecular weight excluding hydrogens is 338 g/mol. The molecule has 1 atom stereocenters. The minimum Gasteiger partial charge on any atom is -0.423 e. The fraction of sp³-hybridized carbons (Fsp3) is 0.176. The number of benzene rings is 1. The van der Waals surface area contributed by atoms with Gasteiger partial charge >= 0.3 is 5.69 Å². The van der Waals surface area contributed by atoms with Crippen LogP contribution in [0.4, 0.5) is 5.69 Å². The van der Waals surface area contributed by atoms with E-state index in [4.69, 9.17) is 10.5 Å². The van der Waals surface area contributed by atoms with Crippen LogP contribution in [0.3, 0.4) is 0 Å². The molecular formula is C17H13N5O4. The average Bonchev–Trinajstić information content (AvgIpc) is 2.91. The third-order valence-electron chi connectivity index (χ3n) is 4.85. The van der Waals surface area contributed by atoms with E-state index in [0.717, 1.165) is 9.13 Å². The summed E-state index contributed by atoms with van der Waals surface area (Å²) in [6.07, 6.45) is 0. The van der Waals surface area contributed by atoms with Crippen LogP contribution in [0.25, 0.3) is 0 Å². The second kappa shape index (κ2) is 4.86. The zero-order valence-corrected chi connectivity index (χ0v) is 13.9. The van der Waals surface area contributed by atoms with Gasteiger partial charge in [-0.15, -0.1) is 0 Å². The highest BCUT2D eigenvalue weighted by Crippen LogP contribution is 2.51. The first-order valence-electron chi connectivity index (χ1n) is 7.65. The highest BCUT2D eigenvalue weighted by atomic mass is 16.5. The number of amides is 1. The smallest absolute Gasteiger partial charge is 0.333 e. The molecule has 0 saturated heterocycles. The number of fused-ring (bicyclic) bond motifs is 4. The maximum absolute atomic E-state index is 13.1. The van der Waals surface area contributed by atoms with Crippen molar-refractivity contribution in [1.82, 2.24) is 9.13 Å². The second-order valence-electron chi connectivity index (χ2n) is 6.09. The summed E-state index contributed by atoms with van der Waals surface area (Å²) in [6.45, 7) is 0. The standard InChI is InChI=1S/C17H13N5O4/c1-21-13(23)11-14(22(2)16(21)25)26-12(19)9(7-18)17(11)8-5-3-4-6-10(8)20-15(17)24/h3-6H,19H2,1-2H3,(H,20,24)/t17-/m0/s1. The fourth-order valence-electron chi connectivity index (χ4n) is 3.62. The van der Waals surface area contributed by atoms with E-state index in [0.29, 0.717) is 11.3 Å². The van der Waals surface area contributed by atoms with Gasteiger partial charge in [-0.25, -0.2) is 4.79 Å². The predicted molar refractivity (Wildman–Crippen MR) is 90.2 cm³/mol. The number of carbonyl (C=O) groups is 1. The van der Waals surface area contributed by atoms with Gasteiger partial charge < -0.3 is 15.8 Å². The summed E-state index contributed by atoms with van der Waals surface area (Å²) in [5, 5.41) is 12.4. The minimum absolute atomic E-state index is 0.115. The number of aromatic nitrogens is 2. The minimum atomic E-state index is -1.77. The monoisotopic (exact) mass is 351 g/mol. The highest BCUT2D eigenvalue weighted by molar-refractivity contribution is 6.12. The number of para-hydroxylation sites is 1. The predicted octanol–water partition coefficient (Wildman–Crippen LogP) is -0.592. The molecule has 9 heteroatoms. The Morgan fingerprint density at radius 1 is 1.19 bits per heavy atom. The van der Waals surface area contributed by atoms with Crippen molar-refractivity contribution in [2.24, 2.45) is 19.8 Å². The van der Waals surface area contributed by atoms with Crippen molar-refractivity contribution in [1.29, 1.82) is 5.26 Å². The van der Waals surface area contributed by atoms with Crippen molar-refractivity contribution in [2.75, 3.05) is 5.32 Å². The van der Waals surface area contributed by atoms with Crippen LogP contribution in [0, 0.1) is 11.3 Å². The van der Waals surface area contributed by atoms with Gasteiger partial charge in [0.1, 0.15) is 17.2 Å². The van der Waals surface area contributed by atoms with Gasteiger partial charge in [0.15, 0.2) is 5.41 Å². The van der Waals surface area contributed by atoms with Crippen LogP contribution in [0.15, 0.2) is 45.3 Å². The molecule has 26 heavy (non-hydrogen) atoms. The van der Waals surface area contributed by atoms with Crippen LogP contribution < -0.4 is 27.0 Å². The number of carbonyl (C=O) groups excluding carboxylic acids is 1. The van der Waals surface area contributed by atoms with E-state index in [-0.39, 0.29) is 22.9 Å². The lowest BCUT2D eigenvalue weighted by Gasteiger charge is -2.33. The zero-order valence-electron chi connectivity index (χ0n) is 13.9. The first kappa shape index (κ1) is 15.7. The Bertz CT molecular complexity index is 1200. The summed E-state index contributed by atoms with van der Waals surface area (Å²) >= 11 is 0. The third kappa shape index (κ3) is 1.56. The van der Waals surface area contributed by atoms with Crippen LogP contribution in [-0.2, 0) is 24.3 Å². The molecule has 0 radical (unpaired) electrons. The van der Waals surface area contributed by atoms with E-state index >= 15 is 0 Å². The van der Waals surface area contributed by atoms with Crippen molar-refractivity contribution < 1.29 is 9.53 Å². The quantitative estimate of drug-likeness (QED) is 0.652. The zero-order chi connectivity index (χ0) is 18.8. The van der Waals surface area contributed by atoms with E-state index in [2.05, 4.69) is 5.32 Å². The van der Waals surface area contributed by atoms with Gasteiger partial charge in [-0.05, 0) is 6.07 Å². The Morgan fingerprint density at radius 2 is 1.88 bits per heavy atom. The van der Waals surface area contributed by atoms with Crippen LogP contribution in [0.1, 0.15) is 11.1 Å². The molecule has 2 aromatic rings. The lowest BCUT2D eigenvalue weighted by Crippen LogP contribution is -2.51. The molecule has 3 N–H and O–H groups in total. The average molecular weight is 351 g/mol. The van der Waals surface area contributed by atoms with Gasteiger partial charge in [0.25, 0.3) is 5.56 Å². The Balaban J connectivity index is 2.29. The number of hydrogen-bond acceptors (Lipinski definition) is 6. The van der Waals surface area contributed by atoms with E-state index < -0.39 is 22.6 Å². The number of nitrogens with two attached hydrogens (primary N) is 1. The SMILES string of the molecule is Cn1c2c(c(=O)n(C)c1=O)[C@@]1(C(=O)Nc3ccccc31)C(C#N)=C(N)O2. The van der Waals surface area contributed by atoms with Crippen LogP contribution >= 0.6 is 0 Å². The van der Waals surface area contributed by atoms with Crippen LogP contribution in [0.5, 0.6) is 5.88 Å². The second-order valence-corrected chi connectivity index (χ2v) is 6.09. The number of nitrogens with zero attached hydrogens (tertiary/aromatic N) is 3. The highest BCUT2D eigenvalue weighted by Gasteiger charge is 2.58. The topological polar surface area (TPSA) is 132 Å². The van der Waals surface area contributed by atoms with Crippen molar-refractivity contribution in [2.45, 2.75) is 5.41 Å². The first-order chi connectivity index (χ1) is 12.4. The normalized spacial score (nSPS) is 20.3. The molecule has 2 aliphatic heterocycles. The molecule has 0 unspecified atom stereocenters. The molecule has 130 valence electrons. The largest absolute Gasteiger partial charge is 0.423 e. The van der Waals surface area contributed by atoms with Gasteiger partial charge in [-0.2, -0.15) is 5.26 Å². The number of anilines is 1. The Kier molecular flexibility index (Phi) is 2.94. The summed E-state index contributed by atoms with van der Waals surface area (Å²) in [5.41, 5.74) is 3.34. The Hall–Kier alpha value is -3.80. The van der Waals surface area contributed by atoms with E-state index in [9.17, 15) is 19.6 Å². The van der Waals surface area contributed by atoms with Gasteiger partial charge in [-0.1, -0.05) is 18.2 Å². The summed E-state index contributed by atoms with van der Waals surface area (Å²) in [4.78, 5) is 38.4. The molecule has 0 aliphatic carbocycles. The molecule has 4 rings (SSSR count). The summed E-state index contributed by atoms with van der Waals surface area (Å²) in [7, 11) is 2.70. The Labute approximate surface area is 146 Å². The molecule has 1 amide bonds. The number of hydrogen-bond donors (Lipinski definition) is 2. The van der Waals surface area contributed by atoms with Crippen molar-refractivity contribution >= 4 is 11.6 Å². The summed E-state index contributed by atoms with van der Waals surface area (Å²) < 4.78 is 7.40. The fourth-order valence-corrected chi connectivity index (χ4v) is 3.62. The van der Waals surface area contributed by atoms with Gasteiger partial charge in [-0.3, -0.25) is 18.7 Å². The third-order valence-corrected chi connectivity index (χ3v) is 4.85.